The molecule has 0 unspecified atom stereocenters. The molecule has 1 heteroatoms. The molecule has 0 atom stereocenters. The second-order valence-electron chi connectivity index (χ2n) is 1.09. The number of hydrogen-bond acceptors (Lipinski definition) is 1. The molecule has 0 saturated carbocycles. The maximum Gasteiger partial charge on any atom is 0.00976 e. The number of thioether (sulfide) groups is 1. The first-order valence-electron chi connectivity index (χ1n) is 2.22. The van der Waals surface area contributed by atoms with Gasteiger partial charge in [0.15, 0.2) is 0 Å². The molecule has 0 saturated heterocycles. The molecular weight excluding hydrogens is 104 g/mol. The van der Waals surface area contributed by atoms with Gasteiger partial charge in [0.05, 0.1) is 0 Å². The van der Waals surface area contributed by atoms with Gasteiger partial charge in [0.25, 0.3) is 0 Å². The Bertz CT molecular complexity index is 75.9. The molecule has 0 aromatic rings. The molecule has 0 heterocycles. The minimum absolute atomic E-state index is 0.924. The summed E-state index contributed by atoms with van der Waals surface area (Å²) in [5.74, 6) is 2.94. The Kier molecular flexibility index (Phi) is 5.83. The average molecular weight is 113 g/mol. The molecule has 0 aliphatic rings. The molecule has 0 N–H and O–H groups in total. The highest BCUT2D eigenvalue weighted by atomic mass is 32.2. The Labute approximate surface area is 49.7 Å². The number of rotatable bonds is 1. The summed E-state index contributed by atoms with van der Waals surface area (Å²) < 4.78 is 0. The summed E-state index contributed by atoms with van der Waals surface area (Å²) in [7, 11) is 0. The van der Waals surface area contributed by atoms with E-state index < -0.39 is 0 Å². The monoisotopic (exact) mass is 113 g/mol. The van der Waals surface area contributed by atoms with Crippen LogP contribution in [-0.4, -0.2) is 6.26 Å². The second-order valence-corrected chi connectivity index (χ2v) is 1.70. The third kappa shape index (κ3) is 5.91. The van der Waals surface area contributed by atoms with Gasteiger partial charge >= 0.3 is 0 Å². The van der Waals surface area contributed by atoms with Gasteiger partial charge in [-0.15, -0.1) is 0 Å². The van der Waals surface area contributed by atoms with Crippen LogP contribution in [0.15, 0.2) is 0 Å². The third-order valence-electron chi connectivity index (χ3n) is 0.476. The van der Waals surface area contributed by atoms with Crippen LogP contribution in [0.5, 0.6) is 0 Å². The van der Waals surface area contributed by atoms with Gasteiger partial charge in [-0.25, -0.2) is 0 Å². The van der Waals surface area contributed by atoms with E-state index in [4.69, 9.17) is 0 Å². The van der Waals surface area contributed by atoms with Crippen molar-refractivity contribution in [2.24, 2.45) is 0 Å². The van der Waals surface area contributed by atoms with Gasteiger partial charge < -0.3 is 0 Å². The van der Waals surface area contributed by atoms with Crippen molar-refractivity contribution in [3.63, 3.8) is 0 Å². The van der Waals surface area contributed by atoms with E-state index in [0.717, 1.165) is 12.8 Å². The van der Waals surface area contributed by atoms with Gasteiger partial charge in [-0.2, -0.15) is 0 Å². The van der Waals surface area contributed by atoms with Gasteiger partial charge in [0.2, 0.25) is 0 Å². The predicted octanol–water partition coefficient (Wildman–Crippen LogP) is 1.92. The van der Waals surface area contributed by atoms with Crippen molar-refractivity contribution in [2.45, 2.75) is 12.8 Å². The molecule has 0 aromatic heterocycles. The Morgan fingerprint density at radius 2 is 2.43 bits per heavy atom. The van der Waals surface area contributed by atoms with Crippen molar-refractivity contribution in [1.29, 1.82) is 0 Å². The topological polar surface area (TPSA) is 0 Å². The lowest BCUT2D eigenvalue weighted by atomic mass is 10.4. The van der Waals surface area contributed by atoms with Crippen LogP contribution >= 0.6 is 11.8 Å². The molecule has 39 valence electrons. The van der Waals surface area contributed by atoms with Gasteiger partial charge in [0.1, 0.15) is 0 Å². The van der Waals surface area contributed by atoms with E-state index in [-0.39, 0.29) is 0 Å². The molecule has 0 rings (SSSR count). The van der Waals surface area contributed by atoms with Crippen molar-refractivity contribution in [3.8, 4) is 11.2 Å². The smallest absolute Gasteiger partial charge is 0.00976 e. The summed E-state index contributed by atoms with van der Waals surface area (Å²) in [6.45, 7) is 3.65. The molecule has 0 bridgehead atoms. The SMILES string of the molecule is [CH2]CCC#CSC. The molecule has 0 amide bonds. The average Bonchev–Trinajstić information content (AvgIpc) is 1.69. The summed E-state index contributed by atoms with van der Waals surface area (Å²) >= 11 is 1.55. The summed E-state index contributed by atoms with van der Waals surface area (Å²) in [5.41, 5.74) is 0. The summed E-state index contributed by atoms with van der Waals surface area (Å²) in [4.78, 5) is 0. The largest absolute Gasteiger partial charge is 0.0913 e. The van der Waals surface area contributed by atoms with E-state index in [1.165, 1.54) is 0 Å². The molecule has 0 spiro atoms. The molecule has 0 fully saturated rings. The van der Waals surface area contributed by atoms with Gasteiger partial charge in [-0.1, -0.05) is 24.6 Å². The van der Waals surface area contributed by atoms with Crippen molar-refractivity contribution >= 4 is 11.8 Å². The normalized spacial score (nSPS) is 7.14. The molecule has 1 radical (unpaired) electrons. The van der Waals surface area contributed by atoms with Crippen LogP contribution in [-0.2, 0) is 0 Å². The second kappa shape index (κ2) is 5.91. The maximum absolute atomic E-state index is 3.65. The Balaban J connectivity index is 2.91. The van der Waals surface area contributed by atoms with Crippen LogP contribution in [0.4, 0.5) is 0 Å². The van der Waals surface area contributed by atoms with Crippen molar-refractivity contribution in [1.82, 2.24) is 0 Å². The van der Waals surface area contributed by atoms with E-state index in [2.05, 4.69) is 18.1 Å². The van der Waals surface area contributed by atoms with Crippen LogP contribution < -0.4 is 0 Å². The van der Waals surface area contributed by atoms with Gasteiger partial charge in [-0.3, -0.25) is 0 Å². The standard InChI is InChI=1S/C6H9S/c1-3-4-5-6-7-2/h1,3-4H2,2H3. The van der Waals surface area contributed by atoms with E-state index in [0.29, 0.717) is 0 Å². The predicted molar refractivity (Wildman–Crippen MR) is 35.9 cm³/mol. The Morgan fingerprint density at radius 1 is 1.71 bits per heavy atom. The first-order valence-corrected chi connectivity index (χ1v) is 3.44. The van der Waals surface area contributed by atoms with E-state index >= 15 is 0 Å². The van der Waals surface area contributed by atoms with Crippen LogP contribution in [0.2, 0.25) is 0 Å². The van der Waals surface area contributed by atoms with Crippen molar-refractivity contribution < 1.29 is 0 Å². The highest BCUT2D eigenvalue weighted by Crippen LogP contribution is 1.86. The zero-order valence-corrected chi connectivity index (χ0v) is 5.35. The fourth-order valence-electron chi connectivity index (χ4n) is 0.212. The van der Waals surface area contributed by atoms with Crippen molar-refractivity contribution in [3.05, 3.63) is 6.92 Å². The highest BCUT2D eigenvalue weighted by molar-refractivity contribution is 8.03. The van der Waals surface area contributed by atoms with Crippen molar-refractivity contribution in [2.75, 3.05) is 6.26 Å². The van der Waals surface area contributed by atoms with Crippen LogP contribution in [0.3, 0.4) is 0 Å². The fourth-order valence-corrected chi connectivity index (χ4v) is 0.458. The number of unbranched alkanes of at least 4 members (excludes halogenated alkanes) is 1. The maximum atomic E-state index is 3.65. The third-order valence-corrected chi connectivity index (χ3v) is 0.824. The zero-order chi connectivity index (χ0) is 5.54. The molecular formula is C6H9S. The lowest BCUT2D eigenvalue weighted by Gasteiger charge is -1.73. The summed E-state index contributed by atoms with van der Waals surface area (Å²) in [5, 5.41) is 2.88. The zero-order valence-electron chi connectivity index (χ0n) is 4.53. The lowest BCUT2D eigenvalue weighted by molar-refractivity contribution is 1.08. The van der Waals surface area contributed by atoms with Gasteiger partial charge in [0, 0.05) is 6.42 Å². The Morgan fingerprint density at radius 3 is 2.86 bits per heavy atom. The lowest BCUT2D eigenvalue weighted by Crippen LogP contribution is -1.58. The summed E-state index contributed by atoms with van der Waals surface area (Å²) in [6.07, 6.45) is 3.82. The Hall–Kier alpha value is -0.0900. The first-order chi connectivity index (χ1) is 3.41. The van der Waals surface area contributed by atoms with E-state index in [1.807, 2.05) is 6.26 Å². The van der Waals surface area contributed by atoms with E-state index in [1.54, 1.807) is 11.8 Å². The molecule has 7 heavy (non-hydrogen) atoms. The van der Waals surface area contributed by atoms with Crippen LogP contribution in [0.1, 0.15) is 12.8 Å². The number of hydrogen-bond donors (Lipinski definition) is 0. The van der Waals surface area contributed by atoms with Crippen LogP contribution in [0, 0.1) is 18.1 Å². The minimum atomic E-state index is 0.924. The van der Waals surface area contributed by atoms with Crippen LogP contribution in [0.25, 0.3) is 0 Å². The quantitative estimate of drug-likeness (QED) is 0.468. The van der Waals surface area contributed by atoms with E-state index in [9.17, 15) is 0 Å². The fraction of sp³-hybridized carbons (Fsp3) is 0.500. The minimum Gasteiger partial charge on any atom is -0.0913 e. The molecule has 0 aliphatic heterocycles. The van der Waals surface area contributed by atoms with Gasteiger partial charge in [-0.05, 0) is 17.9 Å². The first kappa shape index (κ1) is 6.91. The summed E-state index contributed by atoms with van der Waals surface area (Å²) in [6, 6.07) is 0. The molecule has 0 nitrogen and oxygen atoms in total. The highest BCUT2D eigenvalue weighted by Gasteiger charge is 1.66. The molecule has 0 aromatic carbocycles. The molecule has 0 aliphatic carbocycles.